The number of likely N-dealkylation sites (tertiary alicyclic amines) is 1. The normalized spacial score (nSPS) is 14.8. The lowest BCUT2D eigenvalue weighted by molar-refractivity contribution is -0.121. The molecule has 1 aromatic heterocycles. The summed E-state index contributed by atoms with van der Waals surface area (Å²) in [6.45, 7) is 1.99. The summed E-state index contributed by atoms with van der Waals surface area (Å²) in [5.41, 5.74) is 1.65. The lowest BCUT2D eigenvalue weighted by Crippen LogP contribution is -2.38. The molecule has 1 saturated heterocycles. The van der Waals surface area contributed by atoms with Gasteiger partial charge in [0.05, 0.1) is 24.9 Å². The van der Waals surface area contributed by atoms with Gasteiger partial charge in [0, 0.05) is 16.5 Å². The third-order valence-corrected chi connectivity index (χ3v) is 5.73. The Labute approximate surface area is 190 Å². The maximum atomic E-state index is 12.7. The van der Waals surface area contributed by atoms with Crippen LogP contribution in [0.5, 0.6) is 0 Å². The standard InChI is InChI=1S/C23H23ClN4O4/c1-31-23(30)18-4-2-3-5-19(18)25-22(29)16-10-12-28(13-11-16)14-20-26-21(27-32-20)15-6-8-17(24)9-7-15/h2-9,16H,10-14H2,1H3,(H,25,29). The summed E-state index contributed by atoms with van der Waals surface area (Å²) in [4.78, 5) is 31.3. The molecule has 0 aliphatic carbocycles. The minimum atomic E-state index is -0.478. The van der Waals surface area contributed by atoms with Gasteiger partial charge in [0.1, 0.15) is 0 Å². The van der Waals surface area contributed by atoms with Gasteiger partial charge >= 0.3 is 5.97 Å². The number of carbonyl (C=O) groups is 2. The first kappa shape index (κ1) is 22.0. The summed E-state index contributed by atoms with van der Waals surface area (Å²) in [7, 11) is 1.32. The Morgan fingerprint density at radius 1 is 1.16 bits per heavy atom. The fourth-order valence-corrected chi connectivity index (χ4v) is 3.82. The van der Waals surface area contributed by atoms with Crippen LogP contribution in [0.15, 0.2) is 53.1 Å². The van der Waals surface area contributed by atoms with Crippen LogP contribution < -0.4 is 5.32 Å². The van der Waals surface area contributed by atoms with Crippen LogP contribution in [0.2, 0.25) is 5.02 Å². The second-order valence-corrected chi connectivity index (χ2v) is 8.03. The number of carbonyl (C=O) groups excluding carboxylic acids is 2. The van der Waals surface area contributed by atoms with Crippen LogP contribution >= 0.6 is 11.6 Å². The van der Waals surface area contributed by atoms with Crippen molar-refractivity contribution in [2.24, 2.45) is 5.92 Å². The Balaban J connectivity index is 1.31. The fraction of sp³-hybridized carbons (Fsp3) is 0.304. The van der Waals surface area contributed by atoms with Gasteiger partial charge in [-0.15, -0.1) is 0 Å². The number of hydrogen-bond acceptors (Lipinski definition) is 7. The summed E-state index contributed by atoms with van der Waals surface area (Å²) >= 11 is 5.92. The highest BCUT2D eigenvalue weighted by atomic mass is 35.5. The molecule has 2 aromatic carbocycles. The van der Waals surface area contributed by atoms with Gasteiger partial charge in [-0.3, -0.25) is 9.69 Å². The molecule has 1 aliphatic heterocycles. The molecule has 166 valence electrons. The number of rotatable bonds is 6. The Morgan fingerprint density at radius 3 is 2.59 bits per heavy atom. The van der Waals surface area contributed by atoms with E-state index in [1.54, 1.807) is 36.4 Å². The van der Waals surface area contributed by atoms with E-state index in [1.165, 1.54) is 7.11 Å². The van der Waals surface area contributed by atoms with Crippen molar-refractivity contribution in [3.63, 3.8) is 0 Å². The van der Waals surface area contributed by atoms with Crippen molar-refractivity contribution in [2.75, 3.05) is 25.5 Å². The Kier molecular flexibility index (Phi) is 6.82. The number of esters is 1. The van der Waals surface area contributed by atoms with E-state index in [9.17, 15) is 9.59 Å². The maximum absolute atomic E-state index is 12.7. The van der Waals surface area contributed by atoms with E-state index >= 15 is 0 Å². The first-order valence-electron chi connectivity index (χ1n) is 10.3. The van der Waals surface area contributed by atoms with E-state index in [1.807, 2.05) is 12.1 Å². The zero-order valence-corrected chi connectivity index (χ0v) is 18.3. The molecule has 4 rings (SSSR count). The van der Waals surface area contributed by atoms with Crippen molar-refractivity contribution in [3.8, 4) is 11.4 Å². The number of benzene rings is 2. The number of hydrogen-bond donors (Lipinski definition) is 1. The fourth-order valence-electron chi connectivity index (χ4n) is 3.69. The third kappa shape index (κ3) is 5.15. The van der Waals surface area contributed by atoms with Crippen molar-refractivity contribution in [1.82, 2.24) is 15.0 Å². The first-order valence-corrected chi connectivity index (χ1v) is 10.7. The highest BCUT2D eigenvalue weighted by Crippen LogP contribution is 2.24. The van der Waals surface area contributed by atoms with E-state index in [0.717, 1.165) is 18.7 Å². The molecule has 0 atom stereocenters. The SMILES string of the molecule is COC(=O)c1ccccc1NC(=O)C1CCN(Cc2nc(-c3ccc(Cl)cc3)no2)CC1. The number of nitrogens with one attached hydrogen (secondary N) is 1. The average molecular weight is 455 g/mol. The molecule has 0 spiro atoms. The molecular weight excluding hydrogens is 432 g/mol. The Bertz CT molecular complexity index is 1090. The van der Waals surface area contributed by atoms with Crippen molar-refractivity contribution in [2.45, 2.75) is 19.4 Å². The van der Waals surface area contributed by atoms with Crippen molar-refractivity contribution in [3.05, 3.63) is 65.0 Å². The van der Waals surface area contributed by atoms with E-state index in [0.29, 0.717) is 47.4 Å². The van der Waals surface area contributed by atoms with Gasteiger partial charge in [0.25, 0.3) is 0 Å². The van der Waals surface area contributed by atoms with Gasteiger partial charge < -0.3 is 14.6 Å². The number of piperidine rings is 1. The van der Waals surface area contributed by atoms with Crippen LogP contribution in [-0.4, -0.2) is 47.1 Å². The van der Waals surface area contributed by atoms with Gasteiger partial charge in [-0.25, -0.2) is 4.79 Å². The Hall–Kier alpha value is -3.23. The predicted molar refractivity (Wildman–Crippen MR) is 119 cm³/mol. The van der Waals surface area contributed by atoms with Gasteiger partial charge in [-0.1, -0.05) is 28.9 Å². The number of ether oxygens (including phenoxy) is 1. The Morgan fingerprint density at radius 2 is 1.88 bits per heavy atom. The van der Waals surface area contributed by atoms with Gasteiger partial charge in [0.15, 0.2) is 0 Å². The summed E-state index contributed by atoms with van der Waals surface area (Å²) < 4.78 is 10.2. The summed E-state index contributed by atoms with van der Waals surface area (Å²) in [6, 6.07) is 14.1. The van der Waals surface area contributed by atoms with E-state index in [2.05, 4.69) is 20.4 Å². The number of nitrogens with zero attached hydrogens (tertiary/aromatic N) is 3. The molecule has 9 heteroatoms. The maximum Gasteiger partial charge on any atom is 0.339 e. The second-order valence-electron chi connectivity index (χ2n) is 7.60. The zero-order valence-electron chi connectivity index (χ0n) is 17.6. The molecule has 2 heterocycles. The zero-order chi connectivity index (χ0) is 22.5. The van der Waals surface area contributed by atoms with Gasteiger partial charge in [0.2, 0.25) is 17.6 Å². The monoisotopic (exact) mass is 454 g/mol. The molecule has 0 saturated carbocycles. The molecule has 1 aliphatic rings. The molecule has 0 unspecified atom stereocenters. The van der Waals surface area contributed by atoms with Crippen molar-refractivity contribution < 1.29 is 18.8 Å². The van der Waals surface area contributed by atoms with E-state index < -0.39 is 5.97 Å². The summed E-state index contributed by atoms with van der Waals surface area (Å²) in [5, 5.41) is 7.57. The third-order valence-electron chi connectivity index (χ3n) is 5.48. The lowest BCUT2D eigenvalue weighted by atomic mass is 9.95. The van der Waals surface area contributed by atoms with Crippen LogP contribution in [0.3, 0.4) is 0 Å². The van der Waals surface area contributed by atoms with Crippen LogP contribution in [0.4, 0.5) is 5.69 Å². The molecule has 32 heavy (non-hydrogen) atoms. The van der Waals surface area contributed by atoms with E-state index in [4.69, 9.17) is 20.9 Å². The molecule has 8 nitrogen and oxygen atoms in total. The smallest absolute Gasteiger partial charge is 0.339 e. The molecule has 1 amide bonds. The number of amides is 1. The number of halogens is 1. The van der Waals surface area contributed by atoms with Crippen LogP contribution in [0.25, 0.3) is 11.4 Å². The molecule has 0 bridgehead atoms. The molecule has 1 fully saturated rings. The largest absolute Gasteiger partial charge is 0.465 e. The van der Waals surface area contributed by atoms with Gasteiger partial charge in [-0.2, -0.15) is 4.98 Å². The number of anilines is 1. The number of methoxy groups -OCH3 is 1. The van der Waals surface area contributed by atoms with Gasteiger partial charge in [-0.05, 0) is 62.3 Å². The predicted octanol–water partition coefficient (Wildman–Crippen LogP) is 4.03. The minimum Gasteiger partial charge on any atom is -0.465 e. The van der Waals surface area contributed by atoms with Crippen LogP contribution in [0.1, 0.15) is 29.1 Å². The lowest BCUT2D eigenvalue weighted by Gasteiger charge is -2.30. The topological polar surface area (TPSA) is 97.6 Å². The molecular formula is C23H23ClN4O4. The summed E-state index contributed by atoms with van der Waals surface area (Å²) in [6.07, 6.45) is 1.40. The average Bonchev–Trinajstić information content (AvgIpc) is 3.28. The molecule has 3 aromatic rings. The van der Waals surface area contributed by atoms with E-state index in [-0.39, 0.29) is 11.8 Å². The highest BCUT2D eigenvalue weighted by molar-refractivity contribution is 6.30. The first-order chi connectivity index (χ1) is 15.5. The highest BCUT2D eigenvalue weighted by Gasteiger charge is 2.27. The van der Waals surface area contributed by atoms with Crippen molar-refractivity contribution >= 4 is 29.2 Å². The van der Waals surface area contributed by atoms with Crippen molar-refractivity contribution in [1.29, 1.82) is 0 Å². The molecule has 1 N–H and O–H groups in total. The minimum absolute atomic E-state index is 0.0937. The molecule has 0 radical (unpaired) electrons. The quantitative estimate of drug-likeness (QED) is 0.561. The van der Waals surface area contributed by atoms with Crippen LogP contribution in [-0.2, 0) is 16.1 Å². The summed E-state index contributed by atoms with van der Waals surface area (Å²) in [5.74, 6) is 0.349. The van der Waals surface area contributed by atoms with Crippen LogP contribution in [0, 0.1) is 5.92 Å². The number of para-hydroxylation sites is 1. The number of aromatic nitrogens is 2. The second kappa shape index (κ2) is 9.93.